The number of carbonyl (C=O) groups excluding carboxylic acids is 1. The van der Waals surface area contributed by atoms with Gasteiger partial charge in [0.15, 0.2) is 10.9 Å². The van der Waals surface area contributed by atoms with Crippen molar-refractivity contribution in [2.24, 2.45) is 5.73 Å². The molecule has 0 unspecified atom stereocenters. The van der Waals surface area contributed by atoms with E-state index in [2.05, 4.69) is 9.97 Å². The van der Waals surface area contributed by atoms with E-state index in [1.165, 1.54) is 12.1 Å². The van der Waals surface area contributed by atoms with Gasteiger partial charge in [0.1, 0.15) is 0 Å². The van der Waals surface area contributed by atoms with Crippen molar-refractivity contribution in [2.75, 3.05) is 0 Å². The molecule has 0 radical (unpaired) electrons. The minimum absolute atomic E-state index is 0.129. The van der Waals surface area contributed by atoms with Crippen LogP contribution in [-0.4, -0.2) is 24.3 Å². The maximum Gasteiger partial charge on any atom is 0.284 e. The second-order valence-electron chi connectivity index (χ2n) is 4.64. The van der Waals surface area contributed by atoms with Crippen LogP contribution in [0, 0.1) is 0 Å². The van der Waals surface area contributed by atoms with Gasteiger partial charge in [-0.2, -0.15) is 0 Å². The van der Waals surface area contributed by atoms with Gasteiger partial charge in [0, 0.05) is 0 Å². The van der Waals surface area contributed by atoms with Gasteiger partial charge in [-0.05, 0) is 18.1 Å². The lowest BCUT2D eigenvalue weighted by Gasteiger charge is -2.06. The van der Waals surface area contributed by atoms with Gasteiger partial charge in [0.25, 0.3) is 5.91 Å². The molecule has 20 heavy (non-hydrogen) atoms. The Morgan fingerprint density at radius 3 is 2.35 bits per heavy atom. The van der Waals surface area contributed by atoms with Crippen LogP contribution in [0.4, 0.5) is 0 Å². The number of amides is 1. The highest BCUT2D eigenvalue weighted by Gasteiger charge is 2.28. The second-order valence-corrected chi connectivity index (χ2v) is 6.50. The Bertz CT molecular complexity index is 733. The Kier molecular flexibility index (Phi) is 3.63. The number of hydrogen-bond acceptors (Lipinski definition) is 4. The molecule has 1 heterocycles. The normalized spacial score (nSPS) is 11.8. The van der Waals surface area contributed by atoms with Crippen molar-refractivity contribution >= 4 is 15.7 Å². The number of rotatable bonds is 4. The Hall–Kier alpha value is -2.15. The SMILES string of the molecule is CC(C)c1[nH]c(C(N)=O)nc1S(=O)(=O)c1ccccc1. The number of primary amides is 1. The quantitative estimate of drug-likeness (QED) is 0.890. The first kappa shape index (κ1) is 14.3. The van der Waals surface area contributed by atoms with E-state index in [0.717, 1.165) is 0 Å². The van der Waals surface area contributed by atoms with E-state index in [9.17, 15) is 13.2 Å². The van der Waals surface area contributed by atoms with E-state index >= 15 is 0 Å². The third kappa shape index (κ3) is 2.44. The lowest BCUT2D eigenvalue weighted by molar-refractivity contribution is 0.0991. The average Bonchev–Trinajstić information content (AvgIpc) is 2.86. The molecule has 7 heteroatoms. The van der Waals surface area contributed by atoms with Crippen molar-refractivity contribution in [3.8, 4) is 0 Å². The van der Waals surface area contributed by atoms with Gasteiger partial charge in [-0.3, -0.25) is 4.79 Å². The van der Waals surface area contributed by atoms with E-state index in [-0.39, 0.29) is 21.7 Å². The van der Waals surface area contributed by atoms with Crippen molar-refractivity contribution in [1.82, 2.24) is 9.97 Å². The minimum atomic E-state index is -3.78. The lowest BCUT2D eigenvalue weighted by Crippen LogP contribution is -2.13. The largest absolute Gasteiger partial charge is 0.363 e. The summed E-state index contributed by atoms with van der Waals surface area (Å²) >= 11 is 0. The monoisotopic (exact) mass is 293 g/mol. The van der Waals surface area contributed by atoms with E-state index in [0.29, 0.717) is 5.69 Å². The smallest absolute Gasteiger partial charge is 0.284 e. The van der Waals surface area contributed by atoms with Crippen molar-refractivity contribution in [3.63, 3.8) is 0 Å². The first-order chi connectivity index (χ1) is 9.34. The average molecular weight is 293 g/mol. The number of benzene rings is 1. The second kappa shape index (κ2) is 5.09. The molecule has 0 spiro atoms. The standard InChI is InChI=1S/C13H15N3O3S/c1-8(2)10-13(16-12(15-10)11(14)17)20(18,19)9-6-4-3-5-7-9/h3-8H,1-2H3,(H2,14,17)(H,15,16). The molecule has 0 saturated carbocycles. The molecule has 0 aliphatic rings. The fourth-order valence-electron chi connectivity index (χ4n) is 1.79. The molecule has 0 fully saturated rings. The number of nitrogens with one attached hydrogen (secondary N) is 1. The highest BCUT2D eigenvalue weighted by atomic mass is 32.2. The maximum atomic E-state index is 12.6. The zero-order chi connectivity index (χ0) is 14.9. The fourth-order valence-corrected chi connectivity index (χ4v) is 3.32. The molecule has 3 N–H and O–H groups in total. The molecule has 0 atom stereocenters. The highest BCUT2D eigenvalue weighted by Crippen LogP contribution is 2.26. The molecule has 0 aliphatic carbocycles. The Morgan fingerprint density at radius 2 is 1.85 bits per heavy atom. The molecule has 1 aromatic heterocycles. The lowest BCUT2D eigenvalue weighted by atomic mass is 10.2. The number of aromatic amines is 1. The zero-order valence-electron chi connectivity index (χ0n) is 11.1. The number of imidazole rings is 1. The summed E-state index contributed by atoms with van der Waals surface area (Å²) in [5.41, 5.74) is 5.53. The first-order valence-corrected chi connectivity index (χ1v) is 7.52. The highest BCUT2D eigenvalue weighted by molar-refractivity contribution is 7.91. The number of aromatic nitrogens is 2. The van der Waals surface area contributed by atoms with Gasteiger partial charge in [0.05, 0.1) is 10.6 Å². The van der Waals surface area contributed by atoms with E-state index < -0.39 is 15.7 Å². The minimum Gasteiger partial charge on any atom is -0.363 e. The van der Waals surface area contributed by atoms with Crippen LogP contribution in [0.2, 0.25) is 0 Å². The van der Waals surface area contributed by atoms with Crippen LogP contribution in [-0.2, 0) is 9.84 Å². The Labute approximate surface area is 117 Å². The molecular formula is C13H15N3O3S. The fraction of sp³-hybridized carbons (Fsp3) is 0.231. The van der Waals surface area contributed by atoms with Gasteiger partial charge in [-0.25, -0.2) is 13.4 Å². The van der Waals surface area contributed by atoms with Gasteiger partial charge in [-0.1, -0.05) is 32.0 Å². The van der Waals surface area contributed by atoms with Gasteiger partial charge >= 0.3 is 0 Å². The summed E-state index contributed by atoms with van der Waals surface area (Å²) in [7, 11) is -3.78. The van der Waals surface area contributed by atoms with Crippen LogP contribution in [0.25, 0.3) is 0 Å². The third-order valence-electron chi connectivity index (χ3n) is 2.82. The van der Waals surface area contributed by atoms with Crippen LogP contribution in [0.15, 0.2) is 40.3 Å². The van der Waals surface area contributed by atoms with E-state index in [4.69, 9.17) is 5.73 Å². The van der Waals surface area contributed by atoms with Crippen LogP contribution >= 0.6 is 0 Å². The Balaban J connectivity index is 2.65. The van der Waals surface area contributed by atoms with E-state index in [1.54, 1.807) is 18.2 Å². The van der Waals surface area contributed by atoms with Gasteiger partial charge in [0.2, 0.25) is 9.84 Å². The molecule has 2 aromatic rings. The summed E-state index contributed by atoms with van der Waals surface area (Å²) in [5.74, 6) is -1.08. The predicted molar refractivity (Wildman–Crippen MR) is 73.1 cm³/mol. The van der Waals surface area contributed by atoms with Crippen LogP contribution in [0.5, 0.6) is 0 Å². The third-order valence-corrected chi connectivity index (χ3v) is 4.53. The first-order valence-electron chi connectivity index (χ1n) is 6.04. The van der Waals surface area contributed by atoms with Crippen LogP contribution < -0.4 is 5.73 Å². The van der Waals surface area contributed by atoms with Gasteiger partial charge < -0.3 is 10.7 Å². The molecule has 1 amide bonds. The van der Waals surface area contributed by atoms with Crippen molar-refractivity contribution < 1.29 is 13.2 Å². The molecular weight excluding hydrogens is 278 g/mol. The molecule has 6 nitrogen and oxygen atoms in total. The van der Waals surface area contributed by atoms with Crippen molar-refractivity contribution in [1.29, 1.82) is 0 Å². The Morgan fingerprint density at radius 1 is 1.25 bits per heavy atom. The summed E-state index contributed by atoms with van der Waals surface area (Å²) in [6, 6.07) is 7.95. The van der Waals surface area contributed by atoms with Crippen molar-refractivity contribution in [3.05, 3.63) is 41.9 Å². The summed E-state index contributed by atoms with van der Waals surface area (Å²) in [5, 5.41) is -0.146. The summed E-state index contributed by atoms with van der Waals surface area (Å²) in [4.78, 5) is 17.9. The zero-order valence-corrected chi connectivity index (χ0v) is 11.9. The maximum absolute atomic E-state index is 12.6. The summed E-state index contributed by atoms with van der Waals surface area (Å²) < 4.78 is 25.1. The number of carbonyl (C=O) groups is 1. The van der Waals surface area contributed by atoms with Crippen molar-refractivity contribution in [2.45, 2.75) is 29.7 Å². The molecule has 0 saturated heterocycles. The predicted octanol–water partition coefficient (Wildman–Crippen LogP) is 1.46. The number of nitrogens with zero attached hydrogens (tertiary/aromatic N) is 1. The number of H-pyrrole nitrogens is 1. The molecule has 106 valence electrons. The van der Waals surface area contributed by atoms with Crippen LogP contribution in [0.3, 0.4) is 0 Å². The number of sulfone groups is 1. The molecule has 0 bridgehead atoms. The van der Waals surface area contributed by atoms with Gasteiger partial charge in [-0.15, -0.1) is 0 Å². The van der Waals surface area contributed by atoms with Crippen LogP contribution in [0.1, 0.15) is 36.1 Å². The molecule has 2 rings (SSSR count). The van der Waals surface area contributed by atoms with E-state index in [1.807, 2.05) is 13.8 Å². The summed E-state index contributed by atoms with van der Waals surface area (Å²) in [6.07, 6.45) is 0. The molecule has 1 aromatic carbocycles. The molecule has 0 aliphatic heterocycles. The number of hydrogen-bond donors (Lipinski definition) is 2. The topological polar surface area (TPSA) is 106 Å². The summed E-state index contributed by atoms with van der Waals surface area (Å²) in [6.45, 7) is 3.62. The number of nitrogens with two attached hydrogens (primary N) is 1.